The number of ether oxygens (including phenoxy) is 1. The van der Waals surface area contributed by atoms with E-state index in [1.54, 1.807) is 0 Å². The van der Waals surface area contributed by atoms with Crippen molar-refractivity contribution in [3.05, 3.63) is 48.0 Å². The molecule has 1 aromatic carbocycles. The summed E-state index contributed by atoms with van der Waals surface area (Å²) in [6.07, 6.45) is 4.28. The predicted molar refractivity (Wildman–Crippen MR) is 111 cm³/mol. The number of carbonyl (C=O) groups is 2. The van der Waals surface area contributed by atoms with Gasteiger partial charge in [-0.15, -0.1) is 0 Å². The molecule has 1 aliphatic heterocycles. The van der Waals surface area contributed by atoms with Crippen LogP contribution in [0, 0.1) is 0 Å². The normalized spacial score (nSPS) is 22.3. The molecule has 1 aromatic rings. The number of carboxylic acid groups (broad SMARTS) is 1. The first kappa shape index (κ1) is 23.1. The summed E-state index contributed by atoms with van der Waals surface area (Å²) in [6, 6.07) is 10.1. The second-order valence-corrected chi connectivity index (χ2v) is 8.34. The van der Waals surface area contributed by atoms with Crippen LogP contribution >= 0.6 is 0 Å². The molecule has 0 aromatic heterocycles. The van der Waals surface area contributed by atoms with Crippen LogP contribution in [0.2, 0.25) is 0 Å². The number of rotatable bonds is 8. The maximum Gasteiger partial charge on any atom is 0.331 e. The van der Waals surface area contributed by atoms with Crippen molar-refractivity contribution in [2.45, 2.75) is 83.6 Å². The third-order valence-electron chi connectivity index (χ3n) is 5.81. The Morgan fingerprint density at radius 1 is 1.17 bits per heavy atom. The molecule has 0 bridgehead atoms. The van der Waals surface area contributed by atoms with Gasteiger partial charge in [0.05, 0.1) is 0 Å². The molecule has 0 amide bonds. The van der Waals surface area contributed by atoms with Gasteiger partial charge < -0.3 is 9.84 Å². The standard InChI is InChI=1S/C23H33NO5/c1-6-23(7-2)16-19(28-21(27)14-13-20(25)26)15-22(4,5)24(23)29-17(3)18-11-9-8-10-12-18/h8-14,17,19H,6-7,15-16H2,1-5H3,(H,25,26)/b14-13+. The van der Waals surface area contributed by atoms with E-state index in [-0.39, 0.29) is 23.3 Å². The quantitative estimate of drug-likeness (QED) is 0.502. The summed E-state index contributed by atoms with van der Waals surface area (Å²) in [5.74, 6) is -1.79. The lowest BCUT2D eigenvalue weighted by atomic mass is 9.75. The number of piperidine rings is 1. The summed E-state index contributed by atoms with van der Waals surface area (Å²) < 4.78 is 5.60. The van der Waals surface area contributed by atoms with E-state index >= 15 is 0 Å². The number of benzene rings is 1. The van der Waals surface area contributed by atoms with Gasteiger partial charge in [0.2, 0.25) is 0 Å². The van der Waals surface area contributed by atoms with Crippen LogP contribution < -0.4 is 0 Å². The molecule has 2 rings (SSSR count). The number of hydroxylamine groups is 2. The Morgan fingerprint density at radius 2 is 1.79 bits per heavy atom. The van der Waals surface area contributed by atoms with Gasteiger partial charge in [0.25, 0.3) is 0 Å². The molecule has 1 fully saturated rings. The van der Waals surface area contributed by atoms with E-state index in [0.717, 1.165) is 30.6 Å². The number of carboxylic acids is 1. The summed E-state index contributed by atoms with van der Waals surface area (Å²) >= 11 is 0. The highest BCUT2D eigenvalue weighted by molar-refractivity contribution is 5.90. The van der Waals surface area contributed by atoms with Crippen LogP contribution in [-0.2, 0) is 19.2 Å². The smallest absolute Gasteiger partial charge is 0.331 e. The molecule has 1 saturated heterocycles. The molecular weight excluding hydrogens is 370 g/mol. The second kappa shape index (κ2) is 9.55. The Kier molecular flexibility index (Phi) is 7.60. The maximum absolute atomic E-state index is 12.0. The summed E-state index contributed by atoms with van der Waals surface area (Å²) in [6.45, 7) is 10.5. The fraction of sp³-hybridized carbons (Fsp3) is 0.565. The highest BCUT2D eigenvalue weighted by atomic mass is 16.7. The Morgan fingerprint density at radius 3 is 2.34 bits per heavy atom. The van der Waals surface area contributed by atoms with Crippen LogP contribution in [0.5, 0.6) is 0 Å². The summed E-state index contributed by atoms with van der Waals surface area (Å²) in [4.78, 5) is 29.2. The predicted octanol–water partition coefficient (Wildman–Crippen LogP) is 4.67. The first-order valence-corrected chi connectivity index (χ1v) is 10.3. The SMILES string of the molecule is CCC1(CC)CC(OC(=O)/C=C/C(=O)O)CC(C)(C)N1OC(C)c1ccccc1. The summed E-state index contributed by atoms with van der Waals surface area (Å²) in [5.41, 5.74) is 0.456. The van der Waals surface area contributed by atoms with Crippen LogP contribution in [0.3, 0.4) is 0 Å². The van der Waals surface area contributed by atoms with Crippen molar-refractivity contribution in [1.82, 2.24) is 5.06 Å². The number of nitrogens with zero attached hydrogens (tertiary/aromatic N) is 1. The third-order valence-corrected chi connectivity index (χ3v) is 5.81. The van der Waals surface area contributed by atoms with Crippen LogP contribution in [0.4, 0.5) is 0 Å². The first-order valence-electron chi connectivity index (χ1n) is 10.3. The van der Waals surface area contributed by atoms with Crippen LogP contribution in [0.15, 0.2) is 42.5 Å². The molecule has 0 radical (unpaired) electrons. The van der Waals surface area contributed by atoms with Crippen LogP contribution in [0.25, 0.3) is 0 Å². The number of hydrogen-bond donors (Lipinski definition) is 1. The average molecular weight is 404 g/mol. The van der Waals surface area contributed by atoms with E-state index in [1.807, 2.05) is 25.1 Å². The highest BCUT2D eigenvalue weighted by Crippen LogP contribution is 2.45. The van der Waals surface area contributed by atoms with Gasteiger partial charge in [-0.3, -0.25) is 4.84 Å². The Bertz CT molecular complexity index is 724. The molecule has 0 saturated carbocycles. The lowest BCUT2D eigenvalue weighted by Gasteiger charge is -2.56. The highest BCUT2D eigenvalue weighted by Gasteiger charge is 2.51. The zero-order valence-corrected chi connectivity index (χ0v) is 18.1. The summed E-state index contributed by atoms with van der Waals surface area (Å²) in [5, 5.41) is 10.8. The van der Waals surface area contributed by atoms with Gasteiger partial charge in [0.15, 0.2) is 0 Å². The molecule has 6 heteroatoms. The minimum atomic E-state index is -1.17. The molecule has 1 N–H and O–H groups in total. The van der Waals surface area contributed by atoms with Crippen molar-refractivity contribution in [3.8, 4) is 0 Å². The molecule has 6 nitrogen and oxygen atoms in total. The van der Waals surface area contributed by atoms with Crippen molar-refractivity contribution >= 4 is 11.9 Å². The number of hydrogen-bond acceptors (Lipinski definition) is 5. The molecular formula is C23H33NO5. The monoisotopic (exact) mass is 403 g/mol. The van der Waals surface area contributed by atoms with E-state index in [9.17, 15) is 9.59 Å². The second-order valence-electron chi connectivity index (χ2n) is 8.34. The maximum atomic E-state index is 12.0. The van der Waals surface area contributed by atoms with E-state index in [0.29, 0.717) is 12.8 Å². The van der Waals surface area contributed by atoms with E-state index < -0.39 is 11.9 Å². The first-order chi connectivity index (χ1) is 13.6. The zero-order valence-electron chi connectivity index (χ0n) is 18.1. The zero-order chi connectivity index (χ0) is 21.7. The van der Waals surface area contributed by atoms with Gasteiger partial charge in [0, 0.05) is 36.1 Å². The molecule has 29 heavy (non-hydrogen) atoms. The molecule has 2 atom stereocenters. The van der Waals surface area contributed by atoms with Gasteiger partial charge in [0.1, 0.15) is 12.2 Å². The average Bonchev–Trinajstić information content (AvgIpc) is 2.68. The van der Waals surface area contributed by atoms with E-state index in [4.69, 9.17) is 14.7 Å². The fourth-order valence-corrected chi connectivity index (χ4v) is 4.31. The number of esters is 1. The molecule has 2 unspecified atom stereocenters. The fourth-order valence-electron chi connectivity index (χ4n) is 4.31. The molecule has 160 valence electrons. The minimum absolute atomic E-state index is 0.106. The Labute approximate surface area is 173 Å². The van der Waals surface area contributed by atoms with Gasteiger partial charge >= 0.3 is 11.9 Å². The topological polar surface area (TPSA) is 76.1 Å². The van der Waals surface area contributed by atoms with E-state index in [1.165, 1.54) is 0 Å². The van der Waals surface area contributed by atoms with Gasteiger partial charge in [-0.1, -0.05) is 44.2 Å². The lowest BCUT2D eigenvalue weighted by molar-refractivity contribution is -0.323. The van der Waals surface area contributed by atoms with Gasteiger partial charge in [-0.25, -0.2) is 9.59 Å². The molecule has 0 spiro atoms. The van der Waals surface area contributed by atoms with Crippen LogP contribution in [0.1, 0.15) is 72.0 Å². The number of carbonyl (C=O) groups excluding carboxylic acids is 1. The van der Waals surface area contributed by atoms with Crippen molar-refractivity contribution in [2.24, 2.45) is 0 Å². The van der Waals surface area contributed by atoms with Crippen molar-refractivity contribution in [2.75, 3.05) is 0 Å². The lowest BCUT2D eigenvalue weighted by Crippen LogP contribution is -2.64. The largest absolute Gasteiger partial charge is 0.478 e. The Hall–Kier alpha value is -2.18. The molecule has 0 aliphatic carbocycles. The van der Waals surface area contributed by atoms with Gasteiger partial charge in [-0.2, -0.15) is 5.06 Å². The van der Waals surface area contributed by atoms with Crippen molar-refractivity contribution in [3.63, 3.8) is 0 Å². The van der Waals surface area contributed by atoms with Gasteiger partial charge in [-0.05, 0) is 39.2 Å². The molecule has 1 aliphatic rings. The molecule has 1 heterocycles. The third kappa shape index (κ3) is 5.67. The van der Waals surface area contributed by atoms with Crippen molar-refractivity contribution in [1.29, 1.82) is 0 Å². The summed E-state index contributed by atoms with van der Waals surface area (Å²) in [7, 11) is 0. The van der Waals surface area contributed by atoms with Crippen LogP contribution in [-0.4, -0.2) is 39.3 Å². The minimum Gasteiger partial charge on any atom is -0.478 e. The van der Waals surface area contributed by atoms with E-state index in [2.05, 4.69) is 44.9 Å². The number of aliphatic carboxylic acids is 1. The Balaban J connectivity index is 2.22. The van der Waals surface area contributed by atoms with Crippen molar-refractivity contribution < 1.29 is 24.3 Å².